The summed E-state index contributed by atoms with van der Waals surface area (Å²) in [6.07, 6.45) is 5.85. The summed E-state index contributed by atoms with van der Waals surface area (Å²) < 4.78 is 4.81. The van der Waals surface area contributed by atoms with Gasteiger partial charge in [0.2, 0.25) is 0 Å². The lowest BCUT2D eigenvalue weighted by Gasteiger charge is -2.31. The summed E-state index contributed by atoms with van der Waals surface area (Å²) in [7, 11) is 1.46. The number of esters is 1. The van der Waals surface area contributed by atoms with Crippen LogP contribution in [0.2, 0.25) is 0 Å². The lowest BCUT2D eigenvalue weighted by molar-refractivity contribution is -0.146. The van der Waals surface area contributed by atoms with Crippen LogP contribution in [-0.2, 0) is 9.53 Å². The van der Waals surface area contributed by atoms with Gasteiger partial charge in [0.1, 0.15) is 12.1 Å². The Kier molecular flexibility index (Phi) is 3.36. The first-order valence-corrected chi connectivity index (χ1v) is 6.92. The van der Waals surface area contributed by atoms with Crippen LogP contribution in [0.1, 0.15) is 37.3 Å². The molecule has 2 heterocycles. The van der Waals surface area contributed by atoms with Gasteiger partial charge in [-0.15, -0.1) is 0 Å². The van der Waals surface area contributed by atoms with Crippen molar-refractivity contribution in [3.05, 3.63) is 18.1 Å². The fourth-order valence-corrected chi connectivity index (χ4v) is 2.65. The van der Waals surface area contributed by atoms with Crippen LogP contribution in [0.25, 0.3) is 0 Å². The molecule has 1 aliphatic carbocycles. The van der Waals surface area contributed by atoms with Crippen LogP contribution in [0.15, 0.2) is 12.4 Å². The number of carbonyl (C=O) groups excluding carboxylic acids is 1. The van der Waals surface area contributed by atoms with Gasteiger partial charge in [0.05, 0.1) is 13.0 Å². The molecular weight excluding hydrogens is 242 g/mol. The largest absolute Gasteiger partial charge is 0.469 e. The Hall–Kier alpha value is -1.65. The summed E-state index contributed by atoms with van der Waals surface area (Å²) in [5, 5.41) is 0. The Morgan fingerprint density at radius 1 is 1.26 bits per heavy atom. The molecule has 0 unspecified atom stereocenters. The molecule has 19 heavy (non-hydrogen) atoms. The van der Waals surface area contributed by atoms with E-state index in [0.717, 1.165) is 31.7 Å². The molecular formula is C14H19N3O2. The lowest BCUT2D eigenvalue weighted by Crippen LogP contribution is -2.37. The smallest absolute Gasteiger partial charge is 0.308 e. The van der Waals surface area contributed by atoms with Crippen molar-refractivity contribution in [2.75, 3.05) is 25.1 Å². The van der Waals surface area contributed by atoms with Crippen LogP contribution < -0.4 is 4.90 Å². The zero-order valence-corrected chi connectivity index (χ0v) is 11.2. The van der Waals surface area contributed by atoms with Crippen molar-refractivity contribution < 1.29 is 9.53 Å². The third kappa shape index (κ3) is 2.69. The molecule has 0 spiro atoms. The molecule has 5 nitrogen and oxygen atoms in total. The highest BCUT2D eigenvalue weighted by Gasteiger charge is 2.28. The number of carbonyl (C=O) groups is 1. The van der Waals surface area contributed by atoms with Crippen LogP contribution >= 0.6 is 0 Å². The third-order valence-electron chi connectivity index (χ3n) is 4.02. The van der Waals surface area contributed by atoms with Crippen LogP contribution in [-0.4, -0.2) is 36.1 Å². The highest BCUT2D eigenvalue weighted by atomic mass is 16.5. The molecule has 0 N–H and O–H groups in total. The number of nitrogens with zero attached hydrogens (tertiary/aromatic N) is 3. The molecule has 2 fully saturated rings. The molecule has 2 aliphatic rings. The number of ether oxygens (including phenoxy) is 1. The molecule has 0 radical (unpaired) electrons. The van der Waals surface area contributed by atoms with Crippen molar-refractivity contribution in [1.29, 1.82) is 0 Å². The Labute approximate surface area is 113 Å². The normalized spacial score (nSPS) is 20.4. The van der Waals surface area contributed by atoms with E-state index in [1.807, 2.05) is 0 Å². The zero-order valence-electron chi connectivity index (χ0n) is 11.2. The SMILES string of the molecule is COC(=O)C1CCN(c2cc(C3CC3)ncn2)CC1. The van der Waals surface area contributed by atoms with Crippen molar-refractivity contribution in [2.45, 2.75) is 31.6 Å². The summed E-state index contributed by atoms with van der Waals surface area (Å²) in [5.41, 5.74) is 1.17. The van der Waals surface area contributed by atoms with E-state index in [4.69, 9.17) is 4.74 Å². The topological polar surface area (TPSA) is 55.3 Å². The van der Waals surface area contributed by atoms with Gasteiger partial charge >= 0.3 is 5.97 Å². The number of anilines is 1. The fourth-order valence-electron chi connectivity index (χ4n) is 2.65. The highest BCUT2D eigenvalue weighted by molar-refractivity contribution is 5.72. The molecule has 3 rings (SSSR count). The van der Waals surface area contributed by atoms with Crippen molar-refractivity contribution in [2.24, 2.45) is 5.92 Å². The highest BCUT2D eigenvalue weighted by Crippen LogP contribution is 2.39. The van der Waals surface area contributed by atoms with E-state index in [-0.39, 0.29) is 11.9 Å². The van der Waals surface area contributed by atoms with E-state index in [0.29, 0.717) is 5.92 Å². The van der Waals surface area contributed by atoms with Crippen molar-refractivity contribution in [3.63, 3.8) is 0 Å². The van der Waals surface area contributed by atoms with E-state index < -0.39 is 0 Å². The lowest BCUT2D eigenvalue weighted by atomic mass is 9.97. The Bertz CT molecular complexity index is 466. The number of piperidine rings is 1. The molecule has 1 aromatic heterocycles. The van der Waals surface area contributed by atoms with Gasteiger partial charge in [0.15, 0.2) is 0 Å². The van der Waals surface area contributed by atoms with Gasteiger partial charge < -0.3 is 9.64 Å². The molecule has 1 aliphatic heterocycles. The maximum absolute atomic E-state index is 11.5. The van der Waals surface area contributed by atoms with Crippen LogP contribution in [0.3, 0.4) is 0 Å². The average Bonchev–Trinajstić information content (AvgIpc) is 3.31. The number of methoxy groups -OCH3 is 1. The quantitative estimate of drug-likeness (QED) is 0.776. The zero-order chi connectivity index (χ0) is 13.2. The first-order valence-electron chi connectivity index (χ1n) is 6.92. The minimum Gasteiger partial charge on any atom is -0.469 e. The molecule has 0 atom stereocenters. The van der Waals surface area contributed by atoms with Gasteiger partial charge in [-0.1, -0.05) is 0 Å². The van der Waals surface area contributed by atoms with Crippen molar-refractivity contribution in [3.8, 4) is 0 Å². The summed E-state index contributed by atoms with van der Waals surface area (Å²) in [5.74, 6) is 1.61. The predicted molar refractivity (Wildman–Crippen MR) is 71.0 cm³/mol. The van der Waals surface area contributed by atoms with Crippen LogP contribution in [0.4, 0.5) is 5.82 Å². The van der Waals surface area contributed by atoms with E-state index in [1.54, 1.807) is 6.33 Å². The van der Waals surface area contributed by atoms with Crippen LogP contribution in [0.5, 0.6) is 0 Å². The Morgan fingerprint density at radius 2 is 2.00 bits per heavy atom. The van der Waals surface area contributed by atoms with Crippen molar-refractivity contribution in [1.82, 2.24) is 9.97 Å². The molecule has 0 aromatic carbocycles. The molecule has 1 saturated carbocycles. The van der Waals surface area contributed by atoms with Crippen molar-refractivity contribution >= 4 is 11.8 Å². The number of rotatable bonds is 3. The molecule has 1 saturated heterocycles. The first-order chi connectivity index (χ1) is 9.28. The third-order valence-corrected chi connectivity index (χ3v) is 4.02. The summed E-state index contributed by atoms with van der Waals surface area (Å²) in [6, 6.07) is 2.11. The first kappa shape index (κ1) is 12.4. The van der Waals surface area contributed by atoms with E-state index in [1.165, 1.54) is 25.6 Å². The van der Waals surface area contributed by atoms with Gasteiger partial charge in [-0.05, 0) is 25.7 Å². The second-order valence-electron chi connectivity index (χ2n) is 5.36. The van der Waals surface area contributed by atoms with Gasteiger partial charge in [-0.3, -0.25) is 4.79 Å². The standard InChI is InChI=1S/C14H19N3O2/c1-19-14(18)11-4-6-17(7-5-11)13-8-12(10-2-3-10)15-9-16-13/h8-11H,2-7H2,1H3. The monoisotopic (exact) mass is 261 g/mol. The average molecular weight is 261 g/mol. The molecule has 102 valence electrons. The second kappa shape index (κ2) is 5.15. The second-order valence-corrected chi connectivity index (χ2v) is 5.36. The Morgan fingerprint density at radius 3 is 2.63 bits per heavy atom. The van der Waals surface area contributed by atoms with Gasteiger partial charge in [-0.25, -0.2) is 9.97 Å². The minimum atomic E-state index is -0.0824. The maximum Gasteiger partial charge on any atom is 0.308 e. The van der Waals surface area contributed by atoms with E-state index in [9.17, 15) is 4.79 Å². The maximum atomic E-state index is 11.5. The summed E-state index contributed by atoms with van der Waals surface area (Å²) >= 11 is 0. The van der Waals surface area contributed by atoms with Gasteiger partial charge in [-0.2, -0.15) is 0 Å². The number of hydrogen-bond donors (Lipinski definition) is 0. The number of hydrogen-bond acceptors (Lipinski definition) is 5. The number of aromatic nitrogens is 2. The van der Waals surface area contributed by atoms with Crippen LogP contribution in [0, 0.1) is 5.92 Å². The molecule has 0 bridgehead atoms. The van der Waals surface area contributed by atoms with Gasteiger partial charge in [0, 0.05) is 30.8 Å². The fraction of sp³-hybridized carbons (Fsp3) is 0.643. The van der Waals surface area contributed by atoms with Gasteiger partial charge in [0.25, 0.3) is 0 Å². The summed E-state index contributed by atoms with van der Waals surface area (Å²) in [6.45, 7) is 1.72. The molecule has 5 heteroatoms. The van der Waals surface area contributed by atoms with E-state index in [2.05, 4.69) is 20.9 Å². The minimum absolute atomic E-state index is 0.0472. The van der Waals surface area contributed by atoms with E-state index >= 15 is 0 Å². The summed E-state index contributed by atoms with van der Waals surface area (Å²) in [4.78, 5) is 22.4. The predicted octanol–water partition coefficient (Wildman–Crippen LogP) is 1.74. The molecule has 0 amide bonds. The Balaban J connectivity index is 1.64. The molecule has 1 aromatic rings.